The van der Waals surface area contributed by atoms with Crippen LogP contribution < -0.4 is 4.74 Å². The van der Waals surface area contributed by atoms with Gasteiger partial charge in [0.2, 0.25) is 0 Å². The Kier molecular flexibility index (Phi) is 6.06. The molecule has 3 aromatic carbocycles. The van der Waals surface area contributed by atoms with Gasteiger partial charge in [-0.25, -0.2) is 0 Å². The molecule has 0 saturated carbocycles. The number of nitrogens with zero attached hydrogens (tertiary/aromatic N) is 1. The van der Waals surface area contributed by atoms with Crippen molar-refractivity contribution in [3.05, 3.63) is 101 Å². The smallest absolute Gasteiger partial charge is 0.127 e. The average molecular weight is 402 g/mol. The zero-order chi connectivity index (χ0) is 20.1. The van der Waals surface area contributed by atoms with Crippen molar-refractivity contribution in [2.45, 2.75) is 13.2 Å². The lowest BCUT2D eigenvalue weighted by molar-refractivity contribution is -0.0731. The molecule has 1 aromatic heterocycles. The van der Waals surface area contributed by atoms with Crippen molar-refractivity contribution in [2.24, 2.45) is 0 Å². The van der Waals surface area contributed by atoms with E-state index in [1.807, 2.05) is 36.4 Å². The van der Waals surface area contributed by atoms with Crippen molar-refractivity contribution in [3.63, 3.8) is 0 Å². The second-order valence-corrected chi connectivity index (χ2v) is 7.86. The Morgan fingerprint density at radius 2 is 1.52 bits per heavy atom. The first kappa shape index (κ1) is 19.4. The molecule has 0 amide bonds. The molecule has 0 fully saturated rings. The van der Waals surface area contributed by atoms with Crippen molar-refractivity contribution in [2.75, 3.05) is 7.05 Å². The minimum Gasteiger partial charge on any atom is -0.488 e. The van der Waals surface area contributed by atoms with Crippen LogP contribution in [0.25, 0.3) is 21.6 Å². The second-order valence-electron chi connectivity index (χ2n) is 6.95. The zero-order valence-corrected chi connectivity index (χ0v) is 17.1. The van der Waals surface area contributed by atoms with E-state index in [1.54, 1.807) is 18.4 Å². The maximum Gasteiger partial charge on any atom is 0.127 e. The SMILES string of the molecule is CN(O)Cc1ccc(-c2sccc2-c2ccccc2OCc2ccccc2)cc1. The minimum absolute atomic E-state index is 0.508. The van der Waals surface area contributed by atoms with Gasteiger partial charge >= 0.3 is 0 Å². The lowest BCUT2D eigenvalue weighted by Crippen LogP contribution is -2.11. The third-order valence-corrected chi connectivity index (χ3v) is 5.67. The first-order valence-corrected chi connectivity index (χ1v) is 10.4. The molecule has 4 rings (SSSR count). The fourth-order valence-electron chi connectivity index (χ4n) is 3.32. The molecule has 4 heteroatoms. The summed E-state index contributed by atoms with van der Waals surface area (Å²) in [5.74, 6) is 0.884. The fraction of sp³-hybridized carbons (Fsp3) is 0.120. The molecule has 146 valence electrons. The van der Waals surface area contributed by atoms with Crippen LogP contribution in [0.2, 0.25) is 0 Å². The Balaban J connectivity index is 1.61. The number of ether oxygens (including phenoxy) is 1. The van der Waals surface area contributed by atoms with E-state index in [4.69, 9.17) is 4.74 Å². The van der Waals surface area contributed by atoms with E-state index in [9.17, 15) is 5.21 Å². The summed E-state index contributed by atoms with van der Waals surface area (Å²) >= 11 is 1.73. The quantitative estimate of drug-likeness (QED) is 0.360. The van der Waals surface area contributed by atoms with Gasteiger partial charge in [0, 0.05) is 29.6 Å². The number of hydrogen-bond acceptors (Lipinski definition) is 4. The van der Waals surface area contributed by atoms with E-state index >= 15 is 0 Å². The third kappa shape index (κ3) is 4.74. The number of benzene rings is 3. The summed E-state index contributed by atoms with van der Waals surface area (Å²) in [4.78, 5) is 1.21. The van der Waals surface area contributed by atoms with Crippen LogP contribution in [0.4, 0.5) is 0 Å². The molecule has 0 unspecified atom stereocenters. The number of para-hydroxylation sites is 1. The highest BCUT2D eigenvalue weighted by Crippen LogP contribution is 2.41. The molecule has 0 spiro atoms. The molecule has 29 heavy (non-hydrogen) atoms. The summed E-state index contributed by atoms with van der Waals surface area (Å²) in [7, 11) is 1.65. The topological polar surface area (TPSA) is 32.7 Å². The molecule has 4 aromatic rings. The summed E-state index contributed by atoms with van der Waals surface area (Å²) in [5.41, 5.74) is 5.66. The molecule has 1 heterocycles. The highest BCUT2D eigenvalue weighted by atomic mass is 32.1. The van der Waals surface area contributed by atoms with Crippen LogP contribution in [0.3, 0.4) is 0 Å². The van der Waals surface area contributed by atoms with Crippen LogP contribution in [-0.4, -0.2) is 17.3 Å². The molecular weight excluding hydrogens is 378 g/mol. The summed E-state index contributed by atoms with van der Waals surface area (Å²) < 4.78 is 6.17. The number of thiophene rings is 1. The summed E-state index contributed by atoms with van der Waals surface area (Å²) in [5, 5.41) is 12.7. The van der Waals surface area contributed by atoms with Gasteiger partial charge in [0.05, 0.1) is 0 Å². The fourth-order valence-corrected chi connectivity index (χ4v) is 4.24. The molecular formula is C25H23NO2S. The Morgan fingerprint density at radius 3 is 2.28 bits per heavy atom. The van der Waals surface area contributed by atoms with Crippen LogP contribution >= 0.6 is 11.3 Å². The van der Waals surface area contributed by atoms with Gasteiger partial charge in [-0.05, 0) is 34.2 Å². The predicted octanol–water partition coefficient (Wildman–Crippen LogP) is 6.48. The largest absolute Gasteiger partial charge is 0.488 e. The van der Waals surface area contributed by atoms with Gasteiger partial charge in [-0.3, -0.25) is 0 Å². The van der Waals surface area contributed by atoms with Crippen LogP contribution in [-0.2, 0) is 13.2 Å². The van der Waals surface area contributed by atoms with Gasteiger partial charge < -0.3 is 9.94 Å². The Bertz CT molecular complexity index is 1060. The molecule has 0 saturated heterocycles. The zero-order valence-electron chi connectivity index (χ0n) is 16.3. The molecule has 0 radical (unpaired) electrons. The maximum absolute atomic E-state index is 9.44. The number of hydroxylamine groups is 2. The van der Waals surface area contributed by atoms with E-state index < -0.39 is 0 Å². The van der Waals surface area contributed by atoms with Crippen molar-refractivity contribution in [3.8, 4) is 27.3 Å². The van der Waals surface area contributed by atoms with Crippen LogP contribution in [0.15, 0.2) is 90.3 Å². The maximum atomic E-state index is 9.44. The third-order valence-electron chi connectivity index (χ3n) is 4.71. The Morgan fingerprint density at radius 1 is 0.793 bits per heavy atom. The molecule has 3 nitrogen and oxygen atoms in total. The second kappa shape index (κ2) is 9.05. The lowest BCUT2D eigenvalue weighted by atomic mass is 10.0. The van der Waals surface area contributed by atoms with Gasteiger partial charge in [0.25, 0.3) is 0 Å². The van der Waals surface area contributed by atoms with E-state index in [-0.39, 0.29) is 0 Å². The van der Waals surface area contributed by atoms with E-state index in [0.29, 0.717) is 13.2 Å². The van der Waals surface area contributed by atoms with Gasteiger partial charge in [0.1, 0.15) is 12.4 Å². The minimum atomic E-state index is 0.508. The highest BCUT2D eigenvalue weighted by molar-refractivity contribution is 7.14. The molecule has 1 N–H and O–H groups in total. The molecule has 0 aliphatic heterocycles. The standard InChI is InChI=1S/C25H23NO2S/c1-26(27)17-19-11-13-21(14-12-19)25-23(15-16-29-25)22-9-5-6-10-24(22)28-18-20-7-3-2-4-8-20/h2-16,27H,17-18H2,1H3. The van der Waals surface area contributed by atoms with Crippen LogP contribution in [0.1, 0.15) is 11.1 Å². The van der Waals surface area contributed by atoms with Crippen molar-refractivity contribution < 1.29 is 9.94 Å². The van der Waals surface area contributed by atoms with E-state index in [2.05, 4.69) is 53.9 Å². The lowest BCUT2D eigenvalue weighted by Gasteiger charge is -2.13. The normalized spacial score (nSPS) is 11.0. The molecule has 0 aliphatic carbocycles. The van der Waals surface area contributed by atoms with Gasteiger partial charge in [0.15, 0.2) is 0 Å². The summed E-state index contributed by atoms with van der Waals surface area (Å²) in [6.07, 6.45) is 0. The molecule has 0 atom stereocenters. The van der Waals surface area contributed by atoms with E-state index in [1.165, 1.54) is 15.5 Å². The number of rotatable bonds is 7. The van der Waals surface area contributed by atoms with Crippen LogP contribution in [0, 0.1) is 0 Å². The van der Waals surface area contributed by atoms with Crippen LogP contribution in [0.5, 0.6) is 5.75 Å². The molecule has 0 aliphatic rings. The van der Waals surface area contributed by atoms with Crippen molar-refractivity contribution >= 4 is 11.3 Å². The highest BCUT2D eigenvalue weighted by Gasteiger charge is 2.13. The van der Waals surface area contributed by atoms with Gasteiger partial charge in [-0.15, -0.1) is 11.3 Å². The first-order valence-electron chi connectivity index (χ1n) is 9.53. The predicted molar refractivity (Wildman–Crippen MR) is 119 cm³/mol. The Hall–Kier alpha value is -2.92. The van der Waals surface area contributed by atoms with E-state index in [0.717, 1.165) is 28.0 Å². The Labute approximate surface area is 175 Å². The number of hydrogen-bond donors (Lipinski definition) is 1. The van der Waals surface area contributed by atoms with Crippen molar-refractivity contribution in [1.29, 1.82) is 0 Å². The summed E-state index contributed by atoms with van der Waals surface area (Å²) in [6, 6.07) is 28.9. The van der Waals surface area contributed by atoms with Gasteiger partial charge in [-0.2, -0.15) is 5.06 Å². The van der Waals surface area contributed by atoms with Gasteiger partial charge in [-0.1, -0.05) is 72.8 Å². The molecule has 0 bridgehead atoms. The average Bonchev–Trinajstić information content (AvgIpc) is 3.23. The first-order chi connectivity index (χ1) is 14.2. The van der Waals surface area contributed by atoms with Crippen molar-refractivity contribution in [1.82, 2.24) is 5.06 Å². The monoisotopic (exact) mass is 401 g/mol. The summed E-state index contributed by atoms with van der Waals surface area (Å²) in [6.45, 7) is 1.05.